The van der Waals surface area contributed by atoms with Gasteiger partial charge in [0.25, 0.3) is 0 Å². The summed E-state index contributed by atoms with van der Waals surface area (Å²) in [6.45, 7) is 0. The molecule has 2 heteroatoms. The Balaban J connectivity index is 2.49. The molecule has 0 amide bonds. The lowest BCUT2D eigenvalue weighted by Gasteiger charge is -2.26. The zero-order chi connectivity index (χ0) is 7.14. The van der Waals surface area contributed by atoms with Crippen molar-refractivity contribution in [1.82, 2.24) is 0 Å². The zero-order valence-corrected chi connectivity index (χ0v) is 6.23. The van der Waals surface area contributed by atoms with Crippen LogP contribution in [0.1, 0.15) is 17.2 Å². The van der Waals surface area contributed by atoms with Gasteiger partial charge in [-0.1, -0.05) is 17.7 Å². The molecule has 0 aliphatic heterocycles. The van der Waals surface area contributed by atoms with Gasteiger partial charge in [-0.25, -0.2) is 0 Å². The molecule has 1 aliphatic carbocycles. The van der Waals surface area contributed by atoms with Crippen LogP contribution in [0.25, 0.3) is 0 Å². The van der Waals surface area contributed by atoms with Gasteiger partial charge in [-0.2, -0.15) is 0 Å². The van der Waals surface area contributed by atoms with E-state index in [1.165, 1.54) is 11.1 Å². The molecule has 10 heavy (non-hydrogen) atoms. The van der Waals surface area contributed by atoms with Crippen LogP contribution in [0.15, 0.2) is 18.2 Å². The van der Waals surface area contributed by atoms with Gasteiger partial charge in [0.2, 0.25) is 0 Å². The molecule has 0 saturated heterocycles. The maximum absolute atomic E-state index is 5.76. The van der Waals surface area contributed by atoms with Gasteiger partial charge in [-0.05, 0) is 29.7 Å². The number of rotatable bonds is 0. The summed E-state index contributed by atoms with van der Waals surface area (Å²) in [7, 11) is 0. The number of halogens is 1. The molecule has 1 atom stereocenters. The topological polar surface area (TPSA) is 26.0 Å². The highest BCUT2D eigenvalue weighted by molar-refractivity contribution is 6.30. The van der Waals surface area contributed by atoms with E-state index in [-0.39, 0.29) is 6.04 Å². The van der Waals surface area contributed by atoms with Crippen LogP contribution in [0.3, 0.4) is 0 Å². The number of fused-ring (bicyclic) bond motifs is 1. The van der Waals surface area contributed by atoms with Crippen molar-refractivity contribution in [3.05, 3.63) is 34.3 Å². The van der Waals surface area contributed by atoms with Crippen molar-refractivity contribution >= 4 is 11.6 Å². The van der Waals surface area contributed by atoms with E-state index in [1.807, 2.05) is 18.2 Å². The highest BCUT2D eigenvalue weighted by Gasteiger charge is 2.21. The summed E-state index contributed by atoms with van der Waals surface area (Å²) in [6.07, 6.45) is 0.982. The predicted octanol–water partition coefficient (Wildman–Crippen LogP) is 1.90. The minimum atomic E-state index is 0.257. The molecule has 0 radical (unpaired) electrons. The largest absolute Gasteiger partial charge is 0.324 e. The molecule has 0 aromatic heterocycles. The second kappa shape index (κ2) is 1.97. The van der Waals surface area contributed by atoms with E-state index in [4.69, 9.17) is 17.3 Å². The van der Waals surface area contributed by atoms with Gasteiger partial charge in [0.1, 0.15) is 0 Å². The highest BCUT2D eigenvalue weighted by atomic mass is 35.5. The average molecular weight is 154 g/mol. The standard InChI is InChI=1S/C8H8ClN/c9-6-1-2-7-5(3-6)4-8(7)10/h1-3,8H,4,10H2. The van der Waals surface area contributed by atoms with Crippen molar-refractivity contribution in [1.29, 1.82) is 0 Å². The van der Waals surface area contributed by atoms with Crippen molar-refractivity contribution in [3.8, 4) is 0 Å². The number of hydrogen-bond donors (Lipinski definition) is 1. The summed E-state index contributed by atoms with van der Waals surface area (Å²) in [4.78, 5) is 0. The summed E-state index contributed by atoms with van der Waals surface area (Å²) < 4.78 is 0. The van der Waals surface area contributed by atoms with Crippen molar-refractivity contribution in [2.45, 2.75) is 12.5 Å². The first-order valence-corrected chi connectivity index (χ1v) is 3.69. The first-order valence-electron chi connectivity index (χ1n) is 3.31. The third-order valence-corrected chi connectivity index (χ3v) is 2.18. The zero-order valence-electron chi connectivity index (χ0n) is 5.47. The van der Waals surface area contributed by atoms with E-state index in [9.17, 15) is 0 Å². The van der Waals surface area contributed by atoms with E-state index in [2.05, 4.69) is 0 Å². The van der Waals surface area contributed by atoms with E-state index in [0.717, 1.165) is 11.4 Å². The Morgan fingerprint density at radius 1 is 1.50 bits per heavy atom. The van der Waals surface area contributed by atoms with Crippen LogP contribution in [0, 0.1) is 0 Å². The quantitative estimate of drug-likeness (QED) is 0.606. The molecule has 2 N–H and O–H groups in total. The van der Waals surface area contributed by atoms with Crippen LogP contribution in [-0.2, 0) is 6.42 Å². The normalized spacial score (nSPS) is 21.6. The van der Waals surface area contributed by atoms with Crippen molar-refractivity contribution in [2.75, 3.05) is 0 Å². The third-order valence-electron chi connectivity index (χ3n) is 1.94. The van der Waals surface area contributed by atoms with Gasteiger partial charge in [0.15, 0.2) is 0 Å². The Hall–Kier alpha value is -0.530. The summed E-state index contributed by atoms with van der Waals surface area (Å²) in [5.74, 6) is 0. The van der Waals surface area contributed by atoms with Crippen LogP contribution >= 0.6 is 11.6 Å². The lowest BCUT2D eigenvalue weighted by molar-refractivity contribution is 0.636. The molecule has 0 heterocycles. The molecule has 0 bridgehead atoms. The molecular weight excluding hydrogens is 146 g/mol. The van der Waals surface area contributed by atoms with Gasteiger partial charge < -0.3 is 5.73 Å². The fourth-order valence-electron chi connectivity index (χ4n) is 1.33. The Morgan fingerprint density at radius 2 is 2.30 bits per heavy atom. The molecule has 52 valence electrons. The first-order chi connectivity index (χ1) is 4.77. The fourth-order valence-corrected chi connectivity index (χ4v) is 1.52. The minimum Gasteiger partial charge on any atom is -0.324 e. The summed E-state index contributed by atoms with van der Waals surface area (Å²) in [5.41, 5.74) is 8.26. The molecule has 1 nitrogen and oxygen atoms in total. The van der Waals surface area contributed by atoms with Crippen molar-refractivity contribution in [2.24, 2.45) is 5.73 Å². The Kier molecular flexibility index (Phi) is 1.22. The smallest absolute Gasteiger partial charge is 0.0408 e. The Bertz CT molecular complexity index is 270. The molecule has 1 aromatic rings. The van der Waals surface area contributed by atoms with Gasteiger partial charge in [0, 0.05) is 11.1 Å². The van der Waals surface area contributed by atoms with E-state index >= 15 is 0 Å². The second-order valence-corrected chi connectivity index (χ2v) is 3.09. The minimum absolute atomic E-state index is 0.257. The van der Waals surface area contributed by atoms with Crippen LogP contribution in [-0.4, -0.2) is 0 Å². The average Bonchev–Trinajstić information content (AvgIpc) is 1.86. The fraction of sp³-hybridized carbons (Fsp3) is 0.250. The van der Waals surface area contributed by atoms with Crippen molar-refractivity contribution < 1.29 is 0 Å². The second-order valence-electron chi connectivity index (χ2n) is 2.65. The molecule has 0 fully saturated rings. The van der Waals surface area contributed by atoms with Crippen molar-refractivity contribution in [3.63, 3.8) is 0 Å². The molecule has 1 unspecified atom stereocenters. The maximum Gasteiger partial charge on any atom is 0.0408 e. The first kappa shape index (κ1) is 6.20. The highest BCUT2D eigenvalue weighted by Crippen LogP contribution is 2.32. The van der Waals surface area contributed by atoms with Gasteiger partial charge in [-0.15, -0.1) is 0 Å². The summed E-state index contributed by atoms with van der Waals surface area (Å²) in [5, 5.41) is 0.811. The SMILES string of the molecule is NC1Cc2cc(Cl)ccc21. The van der Waals surface area contributed by atoms with E-state index < -0.39 is 0 Å². The van der Waals surface area contributed by atoms with Crippen LogP contribution in [0.2, 0.25) is 5.02 Å². The predicted molar refractivity (Wildman–Crippen MR) is 42.1 cm³/mol. The number of benzene rings is 1. The molecule has 2 rings (SSSR count). The Morgan fingerprint density at radius 3 is 2.90 bits per heavy atom. The van der Waals surface area contributed by atoms with Gasteiger partial charge in [0.05, 0.1) is 0 Å². The lowest BCUT2D eigenvalue weighted by Crippen LogP contribution is -2.24. The molecule has 0 saturated carbocycles. The molecule has 1 aromatic carbocycles. The number of hydrogen-bond acceptors (Lipinski definition) is 1. The monoisotopic (exact) mass is 153 g/mol. The van der Waals surface area contributed by atoms with Crippen LogP contribution in [0.5, 0.6) is 0 Å². The third kappa shape index (κ3) is 0.746. The maximum atomic E-state index is 5.76. The molecular formula is C8H8ClN. The van der Waals surface area contributed by atoms with E-state index in [0.29, 0.717) is 0 Å². The number of nitrogens with two attached hydrogens (primary N) is 1. The van der Waals surface area contributed by atoms with E-state index in [1.54, 1.807) is 0 Å². The molecule has 1 aliphatic rings. The van der Waals surface area contributed by atoms with Gasteiger partial charge >= 0.3 is 0 Å². The summed E-state index contributed by atoms with van der Waals surface area (Å²) >= 11 is 5.76. The lowest BCUT2D eigenvalue weighted by atomic mass is 9.84. The molecule has 0 spiro atoms. The van der Waals surface area contributed by atoms with Crippen LogP contribution < -0.4 is 5.73 Å². The van der Waals surface area contributed by atoms with Gasteiger partial charge in [-0.3, -0.25) is 0 Å². The summed E-state index contributed by atoms with van der Waals surface area (Å²) in [6, 6.07) is 6.14. The van der Waals surface area contributed by atoms with Crippen LogP contribution in [0.4, 0.5) is 0 Å². The Labute approximate surface area is 64.8 Å².